The zero-order valence-corrected chi connectivity index (χ0v) is 11.9. The molecule has 0 bridgehead atoms. The molecule has 1 aromatic rings. The average Bonchev–Trinajstić information content (AvgIpc) is 2.36. The van der Waals surface area contributed by atoms with Gasteiger partial charge in [0.15, 0.2) is 0 Å². The van der Waals surface area contributed by atoms with Crippen molar-refractivity contribution < 1.29 is 14.3 Å². The minimum absolute atomic E-state index is 0.144. The number of carbonyl (C=O) groups excluding carboxylic acids is 2. The first-order chi connectivity index (χ1) is 8.85. The number of rotatable bonds is 6. The zero-order valence-electron chi connectivity index (χ0n) is 11.9. The smallest absolute Gasteiger partial charge is 0.284 e. The molecule has 0 unspecified atom stereocenters. The molecule has 0 atom stereocenters. The van der Waals surface area contributed by atoms with Crippen LogP contribution in [0.5, 0.6) is 5.75 Å². The standard InChI is InChI=1S/C15H21NO3/c1-11(2)19-13-7-5-12(6-8-13)15(3,4)10-16-14(18)9-17/h5-9,11H,10H2,1-4H3,(H,16,18). The predicted octanol–water partition coefficient (Wildman–Crippen LogP) is 2.07. The van der Waals surface area contributed by atoms with Gasteiger partial charge in [-0.05, 0) is 31.5 Å². The first-order valence-corrected chi connectivity index (χ1v) is 6.35. The SMILES string of the molecule is CC(C)Oc1ccc(C(C)(C)CNC(=O)C=O)cc1. The van der Waals surface area contributed by atoms with Crippen LogP contribution < -0.4 is 10.1 Å². The summed E-state index contributed by atoms with van der Waals surface area (Å²) in [6.45, 7) is 8.39. The lowest BCUT2D eigenvalue weighted by molar-refractivity contribution is -0.131. The first kappa shape index (κ1) is 15.2. The number of carbonyl (C=O) groups is 2. The largest absolute Gasteiger partial charge is 0.491 e. The van der Waals surface area contributed by atoms with Crippen LogP contribution in [-0.2, 0) is 15.0 Å². The molecule has 1 rings (SSSR count). The van der Waals surface area contributed by atoms with Crippen LogP contribution in [0.3, 0.4) is 0 Å². The lowest BCUT2D eigenvalue weighted by Crippen LogP contribution is -2.37. The number of aldehydes is 1. The Labute approximate surface area is 114 Å². The van der Waals surface area contributed by atoms with Crippen LogP contribution in [-0.4, -0.2) is 24.8 Å². The molecule has 4 nitrogen and oxygen atoms in total. The van der Waals surface area contributed by atoms with E-state index in [1.54, 1.807) is 0 Å². The van der Waals surface area contributed by atoms with Crippen molar-refractivity contribution in [2.24, 2.45) is 0 Å². The Morgan fingerprint density at radius 1 is 1.32 bits per heavy atom. The van der Waals surface area contributed by atoms with Gasteiger partial charge in [-0.25, -0.2) is 0 Å². The molecule has 1 N–H and O–H groups in total. The maximum atomic E-state index is 11.0. The summed E-state index contributed by atoms with van der Waals surface area (Å²) in [5.41, 5.74) is 0.837. The summed E-state index contributed by atoms with van der Waals surface area (Å²) in [7, 11) is 0. The highest BCUT2D eigenvalue weighted by atomic mass is 16.5. The van der Waals surface area contributed by atoms with Crippen molar-refractivity contribution in [2.75, 3.05) is 6.54 Å². The van der Waals surface area contributed by atoms with Crippen LogP contribution in [0.4, 0.5) is 0 Å². The summed E-state index contributed by atoms with van der Waals surface area (Å²) >= 11 is 0. The van der Waals surface area contributed by atoms with Crippen molar-refractivity contribution in [2.45, 2.75) is 39.2 Å². The molecule has 0 saturated carbocycles. The third kappa shape index (κ3) is 4.73. The minimum atomic E-state index is -0.590. The molecule has 1 amide bonds. The molecular formula is C15H21NO3. The monoisotopic (exact) mass is 263 g/mol. The summed E-state index contributed by atoms with van der Waals surface area (Å²) in [5, 5.41) is 2.58. The van der Waals surface area contributed by atoms with E-state index in [0.717, 1.165) is 11.3 Å². The van der Waals surface area contributed by atoms with Crippen molar-refractivity contribution in [3.63, 3.8) is 0 Å². The normalized spacial score (nSPS) is 11.2. The molecule has 0 aromatic heterocycles. The Kier molecular flexibility index (Phi) is 5.10. The maximum Gasteiger partial charge on any atom is 0.284 e. The van der Waals surface area contributed by atoms with Crippen LogP contribution in [0.1, 0.15) is 33.3 Å². The van der Waals surface area contributed by atoms with Gasteiger partial charge in [0.1, 0.15) is 5.75 Å². The summed E-state index contributed by atoms with van der Waals surface area (Å²) in [4.78, 5) is 21.2. The van der Waals surface area contributed by atoms with Gasteiger partial charge in [0.2, 0.25) is 6.29 Å². The van der Waals surface area contributed by atoms with Crippen LogP contribution in [0, 0.1) is 0 Å². The Bertz CT molecular complexity index is 435. The Morgan fingerprint density at radius 2 is 1.89 bits per heavy atom. The van der Waals surface area contributed by atoms with E-state index < -0.39 is 5.91 Å². The van der Waals surface area contributed by atoms with E-state index in [1.807, 2.05) is 52.0 Å². The Hall–Kier alpha value is -1.84. The number of nitrogens with one attached hydrogen (secondary N) is 1. The van der Waals surface area contributed by atoms with Gasteiger partial charge < -0.3 is 10.1 Å². The van der Waals surface area contributed by atoms with Crippen molar-refractivity contribution in [3.8, 4) is 5.75 Å². The van der Waals surface area contributed by atoms with Gasteiger partial charge >= 0.3 is 0 Å². The summed E-state index contributed by atoms with van der Waals surface area (Å²) in [6, 6.07) is 7.78. The summed E-state index contributed by atoms with van der Waals surface area (Å²) < 4.78 is 5.58. The molecule has 4 heteroatoms. The lowest BCUT2D eigenvalue weighted by atomic mass is 9.84. The number of hydrogen-bond acceptors (Lipinski definition) is 3. The van der Waals surface area contributed by atoms with Crippen molar-refractivity contribution in [1.82, 2.24) is 5.32 Å². The molecule has 0 fully saturated rings. The maximum absolute atomic E-state index is 11.0. The summed E-state index contributed by atoms with van der Waals surface area (Å²) in [5.74, 6) is 0.235. The van der Waals surface area contributed by atoms with Crippen molar-refractivity contribution in [3.05, 3.63) is 29.8 Å². The number of amides is 1. The third-order valence-corrected chi connectivity index (χ3v) is 2.82. The lowest BCUT2D eigenvalue weighted by Gasteiger charge is -2.25. The predicted molar refractivity (Wildman–Crippen MR) is 74.3 cm³/mol. The Morgan fingerprint density at radius 3 is 2.37 bits per heavy atom. The van der Waals surface area contributed by atoms with E-state index in [0.29, 0.717) is 6.54 Å². The second-order valence-electron chi connectivity index (χ2n) is 5.41. The van der Waals surface area contributed by atoms with E-state index in [2.05, 4.69) is 5.32 Å². The number of hydrogen-bond donors (Lipinski definition) is 1. The number of ether oxygens (including phenoxy) is 1. The second-order valence-corrected chi connectivity index (χ2v) is 5.41. The molecule has 1 aromatic carbocycles. The van der Waals surface area contributed by atoms with Gasteiger partial charge in [-0.1, -0.05) is 26.0 Å². The van der Waals surface area contributed by atoms with Crippen molar-refractivity contribution in [1.29, 1.82) is 0 Å². The van der Waals surface area contributed by atoms with Gasteiger partial charge in [0.05, 0.1) is 6.10 Å². The van der Waals surface area contributed by atoms with Crippen LogP contribution in [0.15, 0.2) is 24.3 Å². The van der Waals surface area contributed by atoms with Crippen LogP contribution >= 0.6 is 0 Å². The summed E-state index contributed by atoms with van der Waals surface area (Å²) in [6.07, 6.45) is 0.432. The average molecular weight is 263 g/mol. The fourth-order valence-electron chi connectivity index (χ4n) is 1.71. The highest BCUT2D eigenvalue weighted by Crippen LogP contribution is 2.24. The van der Waals surface area contributed by atoms with Gasteiger partial charge in [0, 0.05) is 12.0 Å². The zero-order chi connectivity index (χ0) is 14.5. The molecule has 0 saturated heterocycles. The van der Waals surface area contributed by atoms with E-state index in [4.69, 9.17) is 4.74 Å². The van der Waals surface area contributed by atoms with E-state index in [1.165, 1.54) is 0 Å². The molecule has 0 aliphatic heterocycles. The molecule has 19 heavy (non-hydrogen) atoms. The van der Waals surface area contributed by atoms with E-state index in [-0.39, 0.29) is 17.8 Å². The number of benzene rings is 1. The second kappa shape index (κ2) is 6.36. The van der Waals surface area contributed by atoms with Gasteiger partial charge in [-0.2, -0.15) is 0 Å². The molecule has 0 radical (unpaired) electrons. The molecule has 0 aliphatic rings. The van der Waals surface area contributed by atoms with Crippen molar-refractivity contribution >= 4 is 12.2 Å². The van der Waals surface area contributed by atoms with Crippen LogP contribution in [0.25, 0.3) is 0 Å². The highest BCUT2D eigenvalue weighted by Gasteiger charge is 2.21. The molecule has 0 aliphatic carbocycles. The molecular weight excluding hydrogens is 242 g/mol. The van der Waals surface area contributed by atoms with Crippen LogP contribution in [0.2, 0.25) is 0 Å². The fourth-order valence-corrected chi connectivity index (χ4v) is 1.71. The Balaban J connectivity index is 2.72. The fraction of sp³-hybridized carbons (Fsp3) is 0.467. The molecule has 0 spiro atoms. The van der Waals surface area contributed by atoms with E-state index in [9.17, 15) is 9.59 Å². The highest BCUT2D eigenvalue weighted by molar-refractivity contribution is 6.23. The quantitative estimate of drug-likeness (QED) is 0.631. The first-order valence-electron chi connectivity index (χ1n) is 6.35. The van der Waals surface area contributed by atoms with Gasteiger partial charge in [-0.15, -0.1) is 0 Å². The minimum Gasteiger partial charge on any atom is -0.491 e. The molecule has 104 valence electrons. The van der Waals surface area contributed by atoms with Gasteiger partial charge in [-0.3, -0.25) is 9.59 Å². The van der Waals surface area contributed by atoms with E-state index >= 15 is 0 Å². The topological polar surface area (TPSA) is 55.4 Å². The van der Waals surface area contributed by atoms with Gasteiger partial charge in [0.25, 0.3) is 5.91 Å². The molecule has 0 heterocycles. The third-order valence-electron chi connectivity index (χ3n) is 2.82.